The first kappa shape index (κ1) is 26.5. The van der Waals surface area contributed by atoms with Crippen molar-refractivity contribution in [2.24, 2.45) is 5.41 Å². The number of ether oxygens (including phenoxy) is 1. The van der Waals surface area contributed by atoms with Gasteiger partial charge in [0.2, 0.25) is 0 Å². The fourth-order valence-electron chi connectivity index (χ4n) is 5.92. The molecule has 0 aliphatic heterocycles. The topological polar surface area (TPSA) is 69.9 Å². The van der Waals surface area contributed by atoms with Gasteiger partial charge in [-0.05, 0) is 88.9 Å². The third-order valence-electron chi connectivity index (χ3n) is 8.33. The second-order valence-corrected chi connectivity index (χ2v) is 10.9. The molecule has 3 N–H and O–H groups in total. The molecule has 0 saturated heterocycles. The smallest absolute Gasteiger partial charge is 0.0751 e. The lowest BCUT2D eigenvalue weighted by atomic mass is 9.63. The monoisotopic (exact) mass is 458 g/mol. The molecule has 3 aliphatic carbocycles. The maximum Gasteiger partial charge on any atom is 0.0751 e. The standard InChI is InChI=1S/C29H46O4/c1-3-29(32,4-2)15-6-5-7-18-33-27-12-16-28(17-13-27)14-8-9-23(22-28)10-11-24-19-25(30)21-26(31)20-24/h10-11,25-27,30-32H,3-4,7-9,12-22H2,1-2H3/b23-10+/t25-,26-,27?,28?/m1/s1. The largest absolute Gasteiger partial charge is 0.393 e. The summed E-state index contributed by atoms with van der Waals surface area (Å²) in [5.74, 6) is 6.32. The highest BCUT2D eigenvalue weighted by Crippen LogP contribution is 2.49. The third-order valence-corrected chi connectivity index (χ3v) is 8.33. The molecule has 0 radical (unpaired) electrons. The van der Waals surface area contributed by atoms with Crippen LogP contribution in [0.3, 0.4) is 0 Å². The number of rotatable bonds is 7. The summed E-state index contributed by atoms with van der Waals surface area (Å²) in [7, 11) is 0. The van der Waals surface area contributed by atoms with Gasteiger partial charge in [-0.3, -0.25) is 0 Å². The summed E-state index contributed by atoms with van der Waals surface area (Å²) in [6.07, 6.45) is 18.5. The number of hydrogen-bond acceptors (Lipinski definition) is 4. The molecule has 186 valence electrons. The van der Waals surface area contributed by atoms with Crippen molar-refractivity contribution in [3.63, 3.8) is 0 Å². The van der Waals surface area contributed by atoms with Crippen molar-refractivity contribution in [1.82, 2.24) is 0 Å². The minimum atomic E-state index is -0.631. The van der Waals surface area contributed by atoms with Gasteiger partial charge in [0, 0.05) is 12.8 Å². The molecule has 4 heteroatoms. The van der Waals surface area contributed by atoms with Gasteiger partial charge in [0.15, 0.2) is 0 Å². The van der Waals surface area contributed by atoms with E-state index in [9.17, 15) is 15.3 Å². The van der Waals surface area contributed by atoms with Crippen LogP contribution < -0.4 is 0 Å². The molecule has 0 unspecified atom stereocenters. The maximum atomic E-state index is 10.3. The molecule has 3 saturated carbocycles. The fourth-order valence-corrected chi connectivity index (χ4v) is 5.92. The quantitative estimate of drug-likeness (QED) is 0.343. The van der Waals surface area contributed by atoms with Gasteiger partial charge in [0.05, 0.1) is 30.5 Å². The Morgan fingerprint density at radius 3 is 2.33 bits per heavy atom. The molecule has 0 amide bonds. The Morgan fingerprint density at radius 1 is 1.00 bits per heavy atom. The van der Waals surface area contributed by atoms with E-state index in [0.717, 1.165) is 32.1 Å². The van der Waals surface area contributed by atoms with Crippen LogP contribution in [0.25, 0.3) is 0 Å². The first-order valence-electron chi connectivity index (χ1n) is 13.4. The lowest BCUT2D eigenvalue weighted by Crippen LogP contribution is -2.33. The van der Waals surface area contributed by atoms with Crippen molar-refractivity contribution in [2.45, 2.75) is 134 Å². The zero-order chi connectivity index (χ0) is 23.7. The Balaban J connectivity index is 1.40. The summed E-state index contributed by atoms with van der Waals surface area (Å²) >= 11 is 0. The Labute approximate surface area is 201 Å². The van der Waals surface area contributed by atoms with Crippen LogP contribution in [0.2, 0.25) is 0 Å². The highest BCUT2D eigenvalue weighted by atomic mass is 16.5. The van der Waals surface area contributed by atoms with Gasteiger partial charge in [0.1, 0.15) is 0 Å². The highest BCUT2D eigenvalue weighted by Gasteiger charge is 2.37. The molecular formula is C29H46O4. The first-order valence-corrected chi connectivity index (χ1v) is 13.4. The normalized spacial score (nSPS) is 32.0. The van der Waals surface area contributed by atoms with Crippen molar-refractivity contribution >= 4 is 0 Å². The van der Waals surface area contributed by atoms with Crippen LogP contribution in [0.15, 0.2) is 23.3 Å². The average molecular weight is 459 g/mol. The Morgan fingerprint density at radius 2 is 1.67 bits per heavy atom. The van der Waals surface area contributed by atoms with Gasteiger partial charge in [-0.25, -0.2) is 0 Å². The minimum absolute atomic E-state index is 0.363. The van der Waals surface area contributed by atoms with E-state index in [4.69, 9.17) is 4.74 Å². The van der Waals surface area contributed by atoms with Crippen LogP contribution in [-0.2, 0) is 4.74 Å². The number of aliphatic hydroxyl groups is 3. The van der Waals surface area contributed by atoms with Crippen molar-refractivity contribution in [1.29, 1.82) is 0 Å². The van der Waals surface area contributed by atoms with Crippen LogP contribution in [0.5, 0.6) is 0 Å². The lowest BCUT2D eigenvalue weighted by Gasteiger charge is -2.43. The van der Waals surface area contributed by atoms with Crippen LogP contribution in [0.1, 0.15) is 110 Å². The molecule has 33 heavy (non-hydrogen) atoms. The van der Waals surface area contributed by atoms with E-state index in [-0.39, 0.29) is 0 Å². The first-order chi connectivity index (χ1) is 15.9. The molecule has 3 aliphatic rings. The molecular weight excluding hydrogens is 412 g/mol. The Hall–Kier alpha value is -1.12. The molecule has 0 heterocycles. The van der Waals surface area contributed by atoms with Crippen molar-refractivity contribution < 1.29 is 20.1 Å². The van der Waals surface area contributed by atoms with Gasteiger partial charge in [-0.1, -0.05) is 37.1 Å². The van der Waals surface area contributed by atoms with E-state index in [1.807, 2.05) is 13.8 Å². The molecule has 3 fully saturated rings. The zero-order valence-electron chi connectivity index (χ0n) is 21.0. The van der Waals surface area contributed by atoms with Crippen LogP contribution in [-0.4, -0.2) is 45.8 Å². The second-order valence-electron chi connectivity index (χ2n) is 10.9. The molecule has 1 spiro atoms. The molecule has 2 atom stereocenters. The van der Waals surface area contributed by atoms with Crippen LogP contribution >= 0.6 is 0 Å². The van der Waals surface area contributed by atoms with Gasteiger partial charge >= 0.3 is 0 Å². The number of allylic oxidation sites excluding steroid dienone is 3. The lowest BCUT2D eigenvalue weighted by molar-refractivity contribution is -0.00691. The summed E-state index contributed by atoms with van der Waals surface area (Å²) in [6.45, 7) is 4.72. The second kappa shape index (κ2) is 12.5. The van der Waals surface area contributed by atoms with Gasteiger partial charge in [0.25, 0.3) is 0 Å². The summed E-state index contributed by atoms with van der Waals surface area (Å²) < 4.78 is 6.14. The van der Waals surface area contributed by atoms with E-state index in [2.05, 4.69) is 24.0 Å². The summed E-state index contributed by atoms with van der Waals surface area (Å²) in [4.78, 5) is 0. The Kier molecular flexibility index (Phi) is 10.1. The van der Waals surface area contributed by atoms with Crippen molar-refractivity contribution in [2.75, 3.05) is 6.61 Å². The van der Waals surface area contributed by atoms with Crippen molar-refractivity contribution in [3.05, 3.63) is 23.3 Å². The van der Waals surface area contributed by atoms with Crippen LogP contribution in [0, 0.1) is 17.3 Å². The highest BCUT2D eigenvalue weighted by molar-refractivity contribution is 5.22. The molecule has 0 bridgehead atoms. The molecule has 0 aromatic rings. The zero-order valence-corrected chi connectivity index (χ0v) is 21.0. The fraction of sp³-hybridized carbons (Fsp3) is 0.793. The summed E-state index contributed by atoms with van der Waals surface area (Å²) in [5, 5.41) is 30.1. The summed E-state index contributed by atoms with van der Waals surface area (Å²) in [5.41, 5.74) is 2.53. The molecule has 4 nitrogen and oxygen atoms in total. The molecule has 0 aromatic heterocycles. The van der Waals surface area contributed by atoms with Crippen molar-refractivity contribution in [3.8, 4) is 11.8 Å². The number of aliphatic hydroxyl groups excluding tert-OH is 2. The molecule has 3 rings (SSSR count). The average Bonchev–Trinajstić information content (AvgIpc) is 2.81. The van der Waals surface area contributed by atoms with E-state index in [0.29, 0.717) is 43.8 Å². The van der Waals surface area contributed by atoms with Crippen LogP contribution in [0.4, 0.5) is 0 Å². The number of hydrogen-bond donors (Lipinski definition) is 3. The van der Waals surface area contributed by atoms with E-state index < -0.39 is 17.8 Å². The predicted molar refractivity (Wildman–Crippen MR) is 134 cm³/mol. The van der Waals surface area contributed by atoms with E-state index in [1.165, 1.54) is 49.7 Å². The predicted octanol–water partition coefficient (Wildman–Crippen LogP) is 5.60. The molecule has 0 aromatic carbocycles. The SMILES string of the molecule is CCC(O)(CC)CC#CCCOC1CCC2(CCC/C(=C\C=C3C[C@@H](O)C[C@H](O)C3)C2)CC1. The van der Waals surface area contributed by atoms with E-state index >= 15 is 0 Å². The Bertz CT molecular complexity index is 716. The van der Waals surface area contributed by atoms with Gasteiger partial charge < -0.3 is 20.1 Å². The van der Waals surface area contributed by atoms with Gasteiger partial charge in [-0.2, -0.15) is 0 Å². The maximum absolute atomic E-state index is 10.3. The minimum Gasteiger partial charge on any atom is -0.393 e. The van der Waals surface area contributed by atoms with E-state index in [1.54, 1.807) is 0 Å². The third kappa shape index (κ3) is 8.25. The summed E-state index contributed by atoms with van der Waals surface area (Å²) in [6, 6.07) is 0. The van der Waals surface area contributed by atoms with Gasteiger partial charge in [-0.15, -0.1) is 11.8 Å².